The molecule has 4 nitrogen and oxygen atoms in total. The number of nitrogens with one attached hydrogen (secondary N) is 1. The van der Waals surface area contributed by atoms with Gasteiger partial charge in [0.2, 0.25) is 5.88 Å². The zero-order chi connectivity index (χ0) is 14.7. The van der Waals surface area contributed by atoms with Gasteiger partial charge in [0.05, 0.1) is 19.9 Å². The fraction of sp³-hybridized carbons (Fsp3) is 0.353. The number of aromatic nitrogens is 1. The summed E-state index contributed by atoms with van der Waals surface area (Å²) in [6.45, 7) is 0. The van der Waals surface area contributed by atoms with E-state index in [0.717, 1.165) is 24.3 Å². The molecule has 1 aromatic heterocycles. The highest BCUT2D eigenvalue weighted by Crippen LogP contribution is 2.39. The van der Waals surface area contributed by atoms with Crippen LogP contribution in [0.15, 0.2) is 42.6 Å². The Kier molecular flexibility index (Phi) is 3.95. The normalized spacial score (nSPS) is 20.5. The predicted octanol–water partition coefficient (Wildman–Crippen LogP) is 3.46. The lowest BCUT2D eigenvalue weighted by Gasteiger charge is -2.37. The van der Waals surface area contributed by atoms with Gasteiger partial charge in [-0.3, -0.25) is 0 Å². The van der Waals surface area contributed by atoms with Gasteiger partial charge in [-0.1, -0.05) is 12.1 Å². The van der Waals surface area contributed by atoms with Crippen molar-refractivity contribution in [2.24, 2.45) is 0 Å². The van der Waals surface area contributed by atoms with E-state index in [2.05, 4.69) is 22.4 Å². The highest BCUT2D eigenvalue weighted by atomic mass is 16.5. The molecule has 1 aromatic carbocycles. The molecule has 0 bridgehead atoms. The average Bonchev–Trinajstić information content (AvgIpc) is 2.51. The second-order valence-electron chi connectivity index (χ2n) is 5.34. The molecular formula is C17H20N2O2. The Hall–Kier alpha value is -2.23. The number of nitrogens with zero attached hydrogens (tertiary/aromatic N) is 1. The fourth-order valence-electron chi connectivity index (χ4n) is 2.77. The maximum absolute atomic E-state index is 5.26. The average molecular weight is 284 g/mol. The molecule has 1 aliphatic carbocycles. The lowest BCUT2D eigenvalue weighted by atomic mass is 9.76. The van der Waals surface area contributed by atoms with Crippen LogP contribution in [-0.4, -0.2) is 25.2 Å². The third-order valence-corrected chi connectivity index (χ3v) is 4.05. The molecule has 110 valence electrons. The SMILES string of the molecule is COc1ccc(C2CC(Nc3cccnc3OC)C2)cc1. The maximum atomic E-state index is 5.26. The fourth-order valence-corrected chi connectivity index (χ4v) is 2.77. The Bertz CT molecular complexity index is 592. The number of anilines is 1. The molecule has 1 saturated carbocycles. The molecule has 0 saturated heterocycles. The van der Waals surface area contributed by atoms with Crippen molar-refractivity contribution < 1.29 is 9.47 Å². The molecule has 4 heteroatoms. The molecule has 0 aliphatic heterocycles. The van der Waals surface area contributed by atoms with Crippen molar-refractivity contribution in [3.05, 3.63) is 48.2 Å². The van der Waals surface area contributed by atoms with Crippen LogP contribution in [0.2, 0.25) is 0 Å². The Morgan fingerprint density at radius 2 is 1.81 bits per heavy atom. The van der Waals surface area contributed by atoms with Crippen molar-refractivity contribution in [2.75, 3.05) is 19.5 Å². The number of rotatable bonds is 5. The van der Waals surface area contributed by atoms with Gasteiger partial charge in [0.1, 0.15) is 5.75 Å². The molecule has 0 radical (unpaired) electrons. The molecule has 0 unspecified atom stereocenters. The summed E-state index contributed by atoms with van der Waals surface area (Å²) in [6, 6.07) is 12.8. The summed E-state index contributed by atoms with van der Waals surface area (Å²) in [5.74, 6) is 2.19. The number of ether oxygens (including phenoxy) is 2. The minimum atomic E-state index is 0.482. The third-order valence-electron chi connectivity index (χ3n) is 4.05. The second-order valence-corrected chi connectivity index (χ2v) is 5.34. The first-order valence-corrected chi connectivity index (χ1v) is 7.19. The summed E-state index contributed by atoms with van der Waals surface area (Å²) >= 11 is 0. The van der Waals surface area contributed by atoms with Gasteiger partial charge in [-0.15, -0.1) is 0 Å². The summed E-state index contributed by atoms with van der Waals surface area (Å²) in [5.41, 5.74) is 2.35. The van der Waals surface area contributed by atoms with Crippen LogP contribution < -0.4 is 14.8 Å². The lowest BCUT2D eigenvalue weighted by Crippen LogP contribution is -2.34. The Labute approximate surface area is 125 Å². The molecule has 1 fully saturated rings. The third kappa shape index (κ3) is 2.94. The van der Waals surface area contributed by atoms with Crippen LogP contribution in [0.4, 0.5) is 5.69 Å². The second kappa shape index (κ2) is 6.04. The van der Waals surface area contributed by atoms with Crippen molar-refractivity contribution in [3.63, 3.8) is 0 Å². The monoisotopic (exact) mass is 284 g/mol. The van der Waals surface area contributed by atoms with E-state index in [9.17, 15) is 0 Å². The Morgan fingerprint density at radius 3 is 2.48 bits per heavy atom. The van der Waals surface area contributed by atoms with Gasteiger partial charge in [0.25, 0.3) is 0 Å². The zero-order valence-electron chi connectivity index (χ0n) is 12.4. The molecule has 1 heterocycles. The summed E-state index contributed by atoms with van der Waals surface area (Å²) in [4.78, 5) is 4.21. The van der Waals surface area contributed by atoms with Gasteiger partial charge in [-0.05, 0) is 48.6 Å². The topological polar surface area (TPSA) is 43.4 Å². The van der Waals surface area contributed by atoms with Gasteiger partial charge < -0.3 is 14.8 Å². The summed E-state index contributed by atoms with van der Waals surface area (Å²) in [7, 11) is 3.34. The van der Waals surface area contributed by atoms with E-state index in [-0.39, 0.29) is 0 Å². The van der Waals surface area contributed by atoms with Crippen LogP contribution in [0.25, 0.3) is 0 Å². The van der Waals surface area contributed by atoms with Crippen LogP contribution in [0.3, 0.4) is 0 Å². The van der Waals surface area contributed by atoms with E-state index in [1.54, 1.807) is 20.4 Å². The van der Waals surface area contributed by atoms with Crippen LogP contribution in [-0.2, 0) is 0 Å². The molecular weight excluding hydrogens is 264 g/mol. The minimum Gasteiger partial charge on any atom is -0.497 e. The number of benzene rings is 1. The van der Waals surface area contributed by atoms with Crippen molar-refractivity contribution in [2.45, 2.75) is 24.8 Å². The van der Waals surface area contributed by atoms with Crippen molar-refractivity contribution >= 4 is 5.69 Å². The molecule has 3 rings (SSSR count). The smallest absolute Gasteiger partial charge is 0.237 e. The largest absolute Gasteiger partial charge is 0.497 e. The summed E-state index contributed by atoms with van der Waals surface area (Å²) in [6.07, 6.45) is 4.00. The molecule has 21 heavy (non-hydrogen) atoms. The molecule has 0 amide bonds. The number of pyridine rings is 1. The maximum Gasteiger partial charge on any atom is 0.237 e. The lowest BCUT2D eigenvalue weighted by molar-refractivity contribution is 0.367. The number of hydrogen-bond acceptors (Lipinski definition) is 4. The van der Waals surface area contributed by atoms with Crippen molar-refractivity contribution in [1.82, 2.24) is 4.98 Å². The highest BCUT2D eigenvalue weighted by molar-refractivity contribution is 5.53. The summed E-state index contributed by atoms with van der Waals surface area (Å²) in [5, 5.41) is 3.51. The molecule has 1 N–H and O–H groups in total. The van der Waals surface area contributed by atoms with Crippen molar-refractivity contribution in [1.29, 1.82) is 0 Å². The Morgan fingerprint density at radius 1 is 1.05 bits per heavy atom. The van der Waals surface area contributed by atoms with Crippen LogP contribution in [0.5, 0.6) is 11.6 Å². The zero-order valence-corrected chi connectivity index (χ0v) is 12.4. The Balaban J connectivity index is 1.58. The van der Waals surface area contributed by atoms with E-state index < -0.39 is 0 Å². The molecule has 0 spiro atoms. The van der Waals surface area contributed by atoms with Crippen LogP contribution in [0.1, 0.15) is 24.3 Å². The molecule has 2 aromatic rings. The number of methoxy groups -OCH3 is 2. The number of hydrogen-bond donors (Lipinski definition) is 1. The van der Waals surface area contributed by atoms with Crippen LogP contribution >= 0.6 is 0 Å². The molecule has 0 atom stereocenters. The van der Waals surface area contributed by atoms with Gasteiger partial charge in [-0.2, -0.15) is 0 Å². The van der Waals surface area contributed by atoms with Gasteiger partial charge in [0.15, 0.2) is 0 Å². The van der Waals surface area contributed by atoms with E-state index in [1.165, 1.54) is 5.56 Å². The highest BCUT2D eigenvalue weighted by Gasteiger charge is 2.30. The van der Waals surface area contributed by atoms with Crippen LogP contribution in [0, 0.1) is 0 Å². The van der Waals surface area contributed by atoms with Crippen molar-refractivity contribution in [3.8, 4) is 11.6 Å². The van der Waals surface area contributed by atoms with E-state index in [1.807, 2.05) is 24.3 Å². The van der Waals surface area contributed by atoms with E-state index >= 15 is 0 Å². The van der Waals surface area contributed by atoms with Gasteiger partial charge in [0, 0.05) is 12.2 Å². The summed E-state index contributed by atoms with van der Waals surface area (Å²) < 4.78 is 10.5. The predicted molar refractivity (Wildman–Crippen MR) is 83.2 cm³/mol. The first-order valence-electron chi connectivity index (χ1n) is 7.19. The van der Waals surface area contributed by atoms with E-state index in [0.29, 0.717) is 17.8 Å². The van der Waals surface area contributed by atoms with Gasteiger partial charge >= 0.3 is 0 Å². The quantitative estimate of drug-likeness (QED) is 0.913. The van der Waals surface area contributed by atoms with Gasteiger partial charge in [-0.25, -0.2) is 4.98 Å². The van der Waals surface area contributed by atoms with E-state index in [4.69, 9.17) is 9.47 Å². The standard InChI is InChI=1S/C17H20N2O2/c1-20-15-7-5-12(6-8-15)13-10-14(11-13)19-16-4-3-9-18-17(16)21-2/h3-9,13-14,19H,10-11H2,1-2H3. The molecule has 1 aliphatic rings. The first-order chi connectivity index (χ1) is 10.3. The minimum absolute atomic E-state index is 0.482. The first kappa shape index (κ1) is 13.7.